The van der Waals surface area contributed by atoms with Crippen LogP contribution in [0.1, 0.15) is 112 Å². The van der Waals surface area contributed by atoms with E-state index < -0.39 is 7.67 Å². The standard InChI is InChI=1S/C28H57N4O3P/c1-8-9-10-11-12-13-14-15-16-17-18-31-20-19-30(7)27(31)29-36(33,35-25(2)3)32-21-22-34-26(24-32)23-28(4,5)6/h25-26H,8-24H2,1-7H3/t26-,36?/m1/s1. The summed E-state index contributed by atoms with van der Waals surface area (Å²) >= 11 is 0. The lowest BCUT2D eigenvalue weighted by Gasteiger charge is -2.38. The molecular formula is C28H57N4O3P. The third-order valence-corrected chi connectivity index (χ3v) is 9.20. The number of likely N-dealkylation sites (N-methyl/N-ethyl adjacent to an activating group) is 1. The summed E-state index contributed by atoms with van der Waals surface area (Å²) in [6, 6.07) is 0. The van der Waals surface area contributed by atoms with E-state index in [1.54, 1.807) is 0 Å². The maximum Gasteiger partial charge on any atom is 0.393 e. The Bertz CT molecular complexity index is 695. The van der Waals surface area contributed by atoms with E-state index >= 15 is 0 Å². The van der Waals surface area contributed by atoms with Gasteiger partial charge in [-0.25, -0.2) is 9.24 Å². The number of hydrogen-bond donors (Lipinski definition) is 0. The molecule has 212 valence electrons. The van der Waals surface area contributed by atoms with Gasteiger partial charge in [0.25, 0.3) is 0 Å². The minimum Gasteiger partial charge on any atom is -0.376 e. The van der Waals surface area contributed by atoms with E-state index in [-0.39, 0.29) is 17.6 Å². The molecule has 0 N–H and O–H groups in total. The fourth-order valence-corrected chi connectivity index (χ4v) is 7.22. The predicted octanol–water partition coefficient (Wildman–Crippen LogP) is 7.18. The van der Waals surface area contributed by atoms with E-state index in [9.17, 15) is 4.57 Å². The number of rotatable bonds is 16. The van der Waals surface area contributed by atoms with Gasteiger partial charge in [-0.3, -0.25) is 4.52 Å². The Balaban J connectivity index is 1.94. The van der Waals surface area contributed by atoms with Crippen LogP contribution < -0.4 is 0 Å². The molecule has 2 fully saturated rings. The topological polar surface area (TPSA) is 57.6 Å². The summed E-state index contributed by atoms with van der Waals surface area (Å²) in [5, 5.41) is 0. The Morgan fingerprint density at radius 1 is 1.00 bits per heavy atom. The zero-order chi connectivity index (χ0) is 26.6. The van der Waals surface area contributed by atoms with Crippen LogP contribution in [0.3, 0.4) is 0 Å². The lowest BCUT2D eigenvalue weighted by molar-refractivity contribution is -0.0268. The van der Waals surface area contributed by atoms with E-state index in [2.05, 4.69) is 44.5 Å². The number of unbranched alkanes of at least 4 members (excludes halogenated alkanes) is 9. The van der Waals surface area contributed by atoms with E-state index in [4.69, 9.17) is 14.0 Å². The number of nitrogens with zero attached hydrogens (tertiary/aromatic N) is 4. The second-order valence-corrected chi connectivity index (χ2v) is 14.3. The van der Waals surface area contributed by atoms with Crippen molar-refractivity contribution in [3.8, 4) is 0 Å². The highest BCUT2D eigenvalue weighted by Crippen LogP contribution is 2.55. The van der Waals surface area contributed by atoms with Gasteiger partial charge in [-0.1, -0.05) is 85.5 Å². The van der Waals surface area contributed by atoms with Crippen LogP contribution in [-0.2, 0) is 13.8 Å². The molecule has 8 heteroatoms. The average molecular weight is 529 g/mol. The molecule has 0 radical (unpaired) electrons. The zero-order valence-electron chi connectivity index (χ0n) is 24.6. The number of ether oxygens (including phenoxy) is 1. The van der Waals surface area contributed by atoms with E-state index in [0.717, 1.165) is 38.4 Å². The molecule has 2 atom stereocenters. The van der Waals surface area contributed by atoms with Crippen molar-refractivity contribution in [2.45, 2.75) is 124 Å². The van der Waals surface area contributed by atoms with Gasteiger partial charge in [0.05, 0.1) is 18.8 Å². The van der Waals surface area contributed by atoms with Crippen LogP contribution in [0.2, 0.25) is 0 Å². The summed E-state index contributed by atoms with van der Waals surface area (Å²) in [6.07, 6.45) is 14.1. The molecular weight excluding hydrogens is 471 g/mol. The van der Waals surface area contributed by atoms with Gasteiger partial charge >= 0.3 is 7.67 Å². The summed E-state index contributed by atoms with van der Waals surface area (Å²) in [7, 11) is -1.33. The van der Waals surface area contributed by atoms with Crippen molar-refractivity contribution < 1.29 is 13.8 Å². The number of morpholine rings is 1. The molecule has 2 aliphatic heterocycles. The first kappa shape index (κ1) is 31.6. The first-order chi connectivity index (χ1) is 17.0. The minimum absolute atomic E-state index is 0.0482. The summed E-state index contributed by atoms with van der Waals surface area (Å²) in [5.74, 6) is 0.828. The van der Waals surface area contributed by atoms with Gasteiger partial charge in [0.15, 0.2) is 0 Å². The first-order valence-electron chi connectivity index (χ1n) is 14.8. The SMILES string of the molecule is CCCCCCCCCCCCN1CCN(C)C1=NP(=O)(OC(C)C)N1CCO[C@H](CC(C)(C)C)C1. The average Bonchev–Trinajstić information content (AvgIpc) is 3.12. The Morgan fingerprint density at radius 3 is 2.19 bits per heavy atom. The van der Waals surface area contributed by atoms with Crippen LogP contribution in [0.25, 0.3) is 0 Å². The van der Waals surface area contributed by atoms with Gasteiger partial charge in [-0.05, 0) is 32.1 Å². The highest BCUT2D eigenvalue weighted by atomic mass is 31.2. The van der Waals surface area contributed by atoms with Crippen LogP contribution in [0.15, 0.2) is 4.76 Å². The Hall–Kier alpha value is -0.620. The molecule has 0 saturated carbocycles. The van der Waals surface area contributed by atoms with Crippen LogP contribution in [0.4, 0.5) is 0 Å². The molecule has 0 bridgehead atoms. The van der Waals surface area contributed by atoms with E-state index in [0.29, 0.717) is 19.7 Å². The highest BCUT2D eigenvalue weighted by molar-refractivity contribution is 7.55. The molecule has 0 aromatic rings. The molecule has 0 aromatic heterocycles. The van der Waals surface area contributed by atoms with Crippen LogP contribution in [0.5, 0.6) is 0 Å². The van der Waals surface area contributed by atoms with Gasteiger partial charge in [-0.15, -0.1) is 0 Å². The molecule has 2 saturated heterocycles. The van der Waals surface area contributed by atoms with Crippen molar-refractivity contribution in [2.75, 3.05) is 46.4 Å². The molecule has 0 spiro atoms. The highest BCUT2D eigenvalue weighted by Gasteiger charge is 2.40. The smallest absolute Gasteiger partial charge is 0.376 e. The lowest BCUT2D eigenvalue weighted by atomic mass is 9.89. The molecule has 0 aromatic carbocycles. The molecule has 2 aliphatic rings. The van der Waals surface area contributed by atoms with Gasteiger partial charge in [0, 0.05) is 39.8 Å². The number of hydrogen-bond acceptors (Lipinski definition) is 3. The van der Waals surface area contributed by atoms with Crippen molar-refractivity contribution in [1.82, 2.24) is 14.5 Å². The normalized spacial score (nSPS) is 22.7. The Kier molecular flexibility index (Phi) is 13.8. The monoisotopic (exact) mass is 528 g/mol. The lowest BCUT2D eigenvalue weighted by Crippen LogP contribution is -2.43. The van der Waals surface area contributed by atoms with Crippen LogP contribution in [-0.4, -0.2) is 79.0 Å². The van der Waals surface area contributed by atoms with Crippen molar-refractivity contribution in [3.63, 3.8) is 0 Å². The fourth-order valence-electron chi connectivity index (χ4n) is 5.13. The molecule has 36 heavy (non-hydrogen) atoms. The molecule has 2 heterocycles. The summed E-state index contributed by atoms with van der Waals surface area (Å²) in [4.78, 5) is 4.45. The Morgan fingerprint density at radius 2 is 1.61 bits per heavy atom. The summed E-state index contributed by atoms with van der Waals surface area (Å²) in [6.45, 7) is 17.4. The summed E-state index contributed by atoms with van der Waals surface area (Å²) in [5.41, 5.74) is 0.153. The van der Waals surface area contributed by atoms with Crippen molar-refractivity contribution in [2.24, 2.45) is 10.2 Å². The maximum atomic E-state index is 14.3. The third-order valence-electron chi connectivity index (χ3n) is 6.99. The first-order valence-corrected chi connectivity index (χ1v) is 16.3. The fraction of sp³-hybridized carbons (Fsp3) is 0.964. The zero-order valence-corrected chi connectivity index (χ0v) is 25.5. The third kappa shape index (κ3) is 11.4. The molecule has 2 rings (SSSR count). The molecule has 0 aliphatic carbocycles. The van der Waals surface area contributed by atoms with Crippen LogP contribution in [0, 0.1) is 5.41 Å². The quantitative estimate of drug-likeness (QED) is 0.156. The summed E-state index contributed by atoms with van der Waals surface area (Å²) < 4.78 is 33.3. The minimum atomic E-state index is -3.39. The van der Waals surface area contributed by atoms with Gasteiger partial charge in [-0.2, -0.15) is 4.76 Å². The largest absolute Gasteiger partial charge is 0.393 e. The van der Waals surface area contributed by atoms with Crippen molar-refractivity contribution in [1.29, 1.82) is 0 Å². The number of guanidine groups is 1. The predicted molar refractivity (Wildman–Crippen MR) is 153 cm³/mol. The van der Waals surface area contributed by atoms with Gasteiger partial charge in [0.1, 0.15) is 0 Å². The molecule has 7 nitrogen and oxygen atoms in total. The van der Waals surface area contributed by atoms with Gasteiger partial charge in [0.2, 0.25) is 5.96 Å². The van der Waals surface area contributed by atoms with E-state index in [1.807, 2.05) is 18.5 Å². The molecule has 1 unspecified atom stereocenters. The molecule has 0 amide bonds. The van der Waals surface area contributed by atoms with E-state index in [1.165, 1.54) is 57.8 Å². The second-order valence-electron chi connectivity index (χ2n) is 12.3. The Labute approximate surface area is 222 Å². The van der Waals surface area contributed by atoms with Gasteiger partial charge < -0.3 is 14.5 Å². The van der Waals surface area contributed by atoms with Crippen LogP contribution >= 0.6 is 7.67 Å². The van der Waals surface area contributed by atoms with Crippen molar-refractivity contribution in [3.05, 3.63) is 0 Å². The second kappa shape index (κ2) is 15.7. The maximum absolute atomic E-state index is 14.3. The van der Waals surface area contributed by atoms with Crippen molar-refractivity contribution >= 4 is 13.6 Å².